The van der Waals surface area contributed by atoms with Crippen LogP contribution in [0.3, 0.4) is 0 Å². The van der Waals surface area contributed by atoms with Crippen molar-refractivity contribution in [2.45, 2.75) is 24.8 Å². The highest BCUT2D eigenvalue weighted by Gasteiger charge is 2.43. The molecule has 78 valence electrons. The van der Waals surface area contributed by atoms with Gasteiger partial charge in [0, 0.05) is 12.1 Å². The molecule has 3 heteroatoms. The number of para-hydroxylation sites is 1. The van der Waals surface area contributed by atoms with E-state index in [1.54, 1.807) is 0 Å². The van der Waals surface area contributed by atoms with Crippen molar-refractivity contribution >= 4 is 11.6 Å². The maximum absolute atomic E-state index is 12.0. The summed E-state index contributed by atoms with van der Waals surface area (Å²) in [7, 11) is 0. The first-order chi connectivity index (χ1) is 7.30. The molecular formula is C12H14N2O. The predicted molar refractivity (Wildman–Crippen MR) is 58.7 cm³/mol. The lowest BCUT2D eigenvalue weighted by Crippen LogP contribution is -2.54. The standard InChI is InChI=1S/C12H14N2O/c15-11-12(6-3-7-13-12)8-9-4-1-2-5-10(9)14-11/h1-2,4-5,13H,3,6-8H2,(H,14,15). The van der Waals surface area contributed by atoms with Crippen molar-refractivity contribution in [1.82, 2.24) is 5.32 Å². The Hall–Kier alpha value is -1.35. The minimum atomic E-state index is -0.325. The predicted octanol–water partition coefficient (Wildman–Crippen LogP) is 1.30. The van der Waals surface area contributed by atoms with E-state index in [0.717, 1.165) is 31.5 Å². The largest absolute Gasteiger partial charge is 0.324 e. The highest BCUT2D eigenvalue weighted by molar-refractivity contribution is 6.01. The smallest absolute Gasteiger partial charge is 0.245 e. The van der Waals surface area contributed by atoms with E-state index in [9.17, 15) is 4.79 Å². The maximum atomic E-state index is 12.0. The Morgan fingerprint density at radius 2 is 2.13 bits per heavy atom. The molecule has 0 bridgehead atoms. The average Bonchev–Trinajstić information content (AvgIpc) is 2.70. The van der Waals surface area contributed by atoms with Crippen LogP contribution in [0, 0.1) is 0 Å². The van der Waals surface area contributed by atoms with Crippen molar-refractivity contribution in [2.24, 2.45) is 0 Å². The summed E-state index contributed by atoms with van der Waals surface area (Å²) in [6.45, 7) is 0.954. The van der Waals surface area contributed by atoms with Gasteiger partial charge in [-0.25, -0.2) is 0 Å². The van der Waals surface area contributed by atoms with Crippen LogP contribution in [0.4, 0.5) is 5.69 Å². The Morgan fingerprint density at radius 3 is 2.93 bits per heavy atom. The summed E-state index contributed by atoms with van der Waals surface area (Å²) in [6.07, 6.45) is 2.87. The van der Waals surface area contributed by atoms with E-state index >= 15 is 0 Å². The zero-order valence-electron chi connectivity index (χ0n) is 8.55. The molecular weight excluding hydrogens is 188 g/mol. The molecule has 0 saturated carbocycles. The van der Waals surface area contributed by atoms with E-state index in [0.29, 0.717) is 0 Å². The second kappa shape index (κ2) is 3.07. The summed E-state index contributed by atoms with van der Waals surface area (Å²) in [5.41, 5.74) is 1.89. The summed E-state index contributed by atoms with van der Waals surface area (Å²) in [6, 6.07) is 8.05. The van der Waals surface area contributed by atoms with Crippen LogP contribution in [0.1, 0.15) is 18.4 Å². The number of carbonyl (C=O) groups excluding carboxylic acids is 1. The Morgan fingerprint density at radius 1 is 1.27 bits per heavy atom. The van der Waals surface area contributed by atoms with Crippen LogP contribution in [0.25, 0.3) is 0 Å². The van der Waals surface area contributed by atoms with Gasteiger partial charge in [-0.1, -0.05) is 18.2 Å². The monoisotopic (exact) mass is 202 g/mol. The minimum Gasteiger partial charge on any atom is -0.324 e. The quantitative estimate of drug-likeness (QED) is 0.666. The lowest BCUT2D eigenvalue weighted by atomic mass is 9.84. The van der Waals surface area contributed by atoms with E-state index in [1.165, 1.54) is 5.56 Å². The van der Waals surface area contributed by atoms with Crippen molar-refractivity contribution in [1.29, 1.82) is 0 Å². The van der Waals surface area contributed by atoms with Crippen molar-refractivity contribution in [3.63, 3.8) is 0 Å². The highest BCUT2D eigenvalue weighted by Crippen LogP contribution is 2.32. The minimum absolute atomic E-state index is 0.138. The molecule has 1 aromatic rings. The number of anilines is 1. The molecule has 1 amide bonds. The number of fused-ring (bicyclic) bond motifs is 1. The normalized spacial score (nSPS) is 28.9. The third kappa shape index (κ3) is 1.27. The Bertz CT molecular complexity index is 408. The SMILES string of the molecule is O=C1Nc2ccccc2CC12CCCN2. The van der Waals surface area contributed by atoms with Crippen molar-refractivity contribution in [2.75, 3.05) is 11.9 Å². The van der Waals surface area contributed by atoms with E-state index in [1.807, 2.05) is 18.2 Å². The molecule has 1 aromatic carbocycles. The summed E-state index contributed by atoms with van der Waals surface area (Å²) in [5.74, 6) is 0.138. The number of amides is 1. The third-order valence-corrected chi connectivity index (χ3v) is 3.44. The van der Waals surface area contributed by atoms with Gasteiger partial charge in [-0.15, -0.1) is 0 Å². The molecule has 0 aromatic heterocycles. The Kier molecular flexibility index (Phi) is 1.83. The lowest BCUT2D eigenvalue weighted by molar-refractivity contribution is -0.122. The molecule has 0 aliphatic carbocycles. The van der Waals surface area contributed by atoms with Crippen LogP contribution in [0.5, 0.6) is 0 Å². The molecule has 2 heterocycles. The Balaban J connectivity index is 2.02. The topological polar surface area (TPSA) is 41.1 Å². The van der Waals surface area contributed by atoms with Gasteiger partial charge in [0.05, 0.1) is 0 Å². The number of hydrogen-bond donors (Lipinski definition) is 2. The van der Waals surface area contributed by atoms with Gasteiger partial charge in [0.2, 0.25) is 5.91 Å². The molecule has 15 heavy (non-hydrogen) atoms. The molecule has 2 N–H and O–H groups in total. The molecule has 2 aliphatic heterocycles. The highest BCUT2D eigenvalue weighted by atomic mass is 16.2. The lowest BCUT2D eigenvalue weighted by Gasteiger charge is -2.33. The van der Waals surface area contributed by atoms with Gasteiger partial charge >= 0.3 is 0 Å². The van der Waals surface area contributed by atoms with Gasteiger partial charge in [0.15, 0.2) is 0 Å². The van der Waals surface area contributed by atoms with Crippen LogP contribution in [0.2, 0.25) is 0 Å². The molecule has 1 atom stereocenters. The number of rotatable bonds is 0. The van der Waals surface area contributed by atoms with Crippen LogP contribution < -0.4 is 10.6 Å². The Labute approximate surface area is 88.9 Å². The average molecular weight is 202 g/mol. The molecule has 2 aliphatic rings. The van der Waals surface area contributed by atoms with Crippen molar-refractivity contribution in [3.8, 4) is 0 Å². The van der Waals surface area contributed by atoms with E-state index in [4.69, 9.17) is 0 Å². The van der Waals surface area contributed by atoms with Gasteiger partial charge in [0.25, 0.3) is 0 Å². The fourth-order valence-corrected chi connectivity index (χ4v) is 2.59. The number of carbonyl (C=O) groups is 1. The van der Waals surface area contributed by atoms with Crippen LogP contribution in [-0.2, 0) is 11.2 Å². The first-order valence-corrected chi connectivity index (χ1v) is 5.45. The summed E-state index contributed by atoms with van der Waals surface area (Å²) in [5, 5.41) is 6.34. The zero-order chi connectivity index (χ0) is 10.3. The molecule has 3 rings (SSSR count). The van der Waals surface area contributed by atoms with Crippen LogP contribution >= 0.6 is 0 Å². The van der Waals surface area contributed by atoms with Gasteiger partial charge in [-0.2, -0.15) is 0 Å². The van der Waals surface area contributed by atoms with E-state index in [-0.39, 0.29) is 11.4 Å². The van der Waals surface area contributed by atoms with Gasteiger partial charge in [-0.05, 0) is 31.0 Å². The summed E-state index contributed by atoms with van der Waals surface area (Å²) >= 11 is 0. The maximum Gasteiger partial charge on any atom is 0.245 e. The molecule has 1 saturated heterocycles. The number of nitrogens with one attached hydrogen (secondary N) is 2. The van der Waals surface area contributed by atoms with E-state index < -0.39 is 0 Å². The van der Waals surface area contributed by atoms with Gasteiger partial charge < -0.3 is 10.6 Å². The van der Waals surface area contributed by atoms with Gasteiger partial charge in [-0.3, -0.25) is 4.79 Å². The second-order valence-corrected chi connectivity index (χ2v) is 4.40. The second-order valence-electron chi connectivity index (χ2n) is 4.40. The number of hydrogen-bond acceptors (Lipinski definition) is 2. The van der Waals surface area contributed by atoms with Crippen molar-refractivity contribution in [3.05, 3.63) is 29.8 Å². The van der Waals surface area contributed by atoms with Crippen LogP contribution in [0.15, 0.2) is 24.3 Å². The molecule has 0 radical (unpaired) electrons. The summed E-state index contributed by atoms with van der Waals surface area (Å²) in [4.78, 5) is 12.0. The first kappa shape index (κ1) is 8.92. The fraction of sp³-hybridized carbons (Fsp3) is 0.417. The zero-order valence-corrected chi connectivity index (χ0v) is 8.55. The molecule has 1 spiro atoms. The van der Waals surface area contributed by atoms with Gasteiger partial charge in [0.1, 0.15) is 5.54 Å². The summed E-state index contributed by atoms with van der Waals surface area (Å²) < 4.78 is 0. The third-order valence-electron chi connectivity index (χ3n) is 3.44. The molecule has 3 nitrogen and oxygen atoms in total. The number of benzene rings is 1. The van der Waals surface area contributed by atoms with Crippen molar-refractivity contribution < 1.29 is 4.79 Å². The van der Waals surface area contributed by atoms with Crippen LogP contribution in [-0.4, -0.2) is 18.0 Å². The molecule has 1 fully saturated rings. The first-order valence-electron chi connectivity index (χ1n) is 5.45. The molecule has 1 unspecified atom stereocenters. The van der Waals surface area contributed by atoms with E-state index in [2.05, 4.69) is 16.7 Å². The fourth-order valence-electron chi connectivity index (χ4n) is 2.59.